The highest BCUT2D eigenvalue weighted by Gasteiger charge is 2.12. The van der Waals surface area contributed by atoms with Crippen LogP contribution in [-0.2, 0) is 0 Å². The van der Waals surface area contributed by atoms with E-state index in [-0.39, 0.29) is 5.56 Å². The van der Waals surface area contributed by atoms with Crippen LogP contribution in [0.25, 0.3) is 32.5 Å². The van der Waals surface area contributed by atoms with Gasteiger partial charge >= 0.3 is 0 Å². The predicted octanol–water partition coefficient (Wildman–Crippen LogP) is 3.11. The van der Waals surface area contributed by atoms with Crippen LogP contribution in [-0.4, -0.2) is 35.2 Å². The third-order valence-corrected chi connectivity index (χ3v) is 5.05. The number of nitrogens with one attached hydrogen (secondary N) is 2. The van der Waals surface area contributed by atoms with Gasteiger partial charge in [0.25, 0.3) is 5.56 Å². The highest BCUT2D eigenvalue weighted by molar-refractivity contribution is 7.17. The number of ether oxygens (including phenoxy) is 1. The molecule has 0 aliphatic heterocycles. The second kappa shape index (κ2) is 6.86. The van der Waals surface area contributed by atoms with Crippen molar-refractivity contribution in [2.75, 3.05) is 20.2 Å². The Bertz CT molecular complexity index is 1150. The number of hydrogen-bond acceptors (Lipinski definition) is 6. The fraction of sp³-hybridized carbons (Fsp3) is 0.211. The van der Waals surface area contributed by atoms with Crippen molar-refractivity contribution >= 4 is 32.3 Å². The van der Waals surface area contributed by atoms with Crippen molar-refractivity contribution in [3.63, 3.8) is 0 Å². The lowest BCUT2D eigenvalue weighted by Crippen LogP contribution is -2.16. The molecular weight excluding hydrogens is 348 g/mol. The van der Waals surface area contributed by atoms with E-state index < -0.39 is 0 Å². The lowest BCUT2D eigenvalue weighted by molar-refractivity contribution is 0.318. The first-order chi connectivity index (χ1) is 12.7. The fourth-order valence-corrected chi connectivity index (χ4v) is 3.59. The average molecular weight is 366 g/mol. The Hall–Kier alpha value is -2.77. The molecule has 0 saturated heterocycles. The number of aryl methyl sites for hydroxylation is 1. The smallest absolute Gasteiger partial charge is 0.259 e. The molecule has 0 bridgehead atoms. The second-order valence-electron chi connectivity index (χ2n) is 6.03. The highest BCUT2D eigenvalue weighted by atomic mass is 32.1. The Balaban J connectivity index is 1.79. The zero-order valence-corrected chi connectivity index (χ0v) is 15.3. The van der Waals surface area contributed by atoms with Crippen LogP contribution in [0.3, 0.4) is 0 Å². The second-order valence-corrected chi connectivity index (χ2v) is 6.98. The highest BCUT2D eigenvalue weighted by Crippen LogP contribution is 2.26. The molecule has 4 rings (SSSR count). The van der Waals surface area contributed by atoms with E-state index in [9.17, 15) is 4.79 Å². The maximum absolute atomic E-state index is 12.6. The molecule has 1 aromatic carbocycles. The lowest BCUT2D eigenvalue weighted by atomic mass is 10.1. The Morgan fingerprint density at radius 3 is 3.04 bits per heavy atom. The van der Waals surface area contributed by atoms with E-state index in [2.05, 4.69) is 20.3 Å². The average Bonchev–Trinajstić information content (AvgIpc) is 3.10. The Morgan fingerprint density at radius 1 is 1.31 bits per heavy atom. The van der Waals surface area contributed by atoms with Crippen LogP contribution < -0.4 is 15.6 Å². The number of aromatic amines is 1. The van der Waals surface area contributed by atoms with E-state index in [1.807, 2.05) is 43.7 Å². The molecule has 0 aliphatic rings. The maximum atomic E-state index is 12.6. The number of hydrogen-bond donors (Lipinski definition) is 2. The number of thiophene rings is 1. The summed E-state index contributed by atoms with van der Waals surface area (Å²) in [5, 5.41) is 6.66. The van der Waals surface area contributed by atoms with Gasteiger partial charge in [0, 0.05) is 12.7 Å². The summed E-state index contributed by atoms with van der Waals surface area (Å²) in [5.74, 6) is 1.14. The van der Waals surface area contributed by atoms with Gasteiger partial charge in [-0.15, -0.1) is 11.3 Å². The van der Waals surface area contributed by atoms with Gasteiger partial charge in [0.1, 0.15) is 18.1 Å². The Labute approximate surface area is 153 Å². The first-order valence-corrected chi connectivity index (χ1v) is 9.19. The molecule has 2 N–H and O–H groups in total. The molecule has 6 nitrogen and oxygen atoms in total. The quantitative estimate of drug-likeness (QED) is 0.531. The Kier molecular flexibility index (Phi) is 4.40. The van der Waals surface area contributed by atoms with Crippen LogP contribution in [0.2, 0.25) is 0 Å². The van der Waals surface area contributed by atoms with Crippen LogP contribution in [0.1, 0.15) is 5.56 Å². The van der Waals surface area contributed by atoms with Gasteiger partial charge < -0.3 is 15.0 Å². The summed E-state index contributed by atoms with van der Waals surface area (Å²) in [4.78, 5) is 24.6. The van der Waals surface area contributed by atoms with Gasteiger partial charge in [-0.05, 0) is 54.6 Å². The summed E-state index contributed by atoms with van der Waals surface area (Å²) in [6.07, 6.45) is 1.81. The van der Waals surface area contributed by atoms with Gasteiger partial charge in [-0.25, -0.2) is 4.98 Å². The predicted molar refractivity (Wildman–Crippen MR) is 105 cm³/mol. The SMILES string of the molecule is CNCCOc1cc(C)c2nc(-c3cc4ccsc4cn3)[nH]c(=O)c2c1. The minimum absolute atomic E-state index is 0.195. The minimum Gasteiger partial charge on any atom is -0.492 e. The first-order valence-electron chi connectivity index (χ1n) is 8.31. The maximum Gasteiger partial charge on any atom is 0.259 e. The zero-order chi connectivity index (χ0) is 18.1. The van der Waals surface area contributed by atoms with E-state index in [0.717, 1.165) is 22.2 Å². The molecule has 0 aliphatic carbocycles. The number of rotatable bonds is 5. The summed E-state index contributed by atoms with van der Waals surface area (Å²) in [6.45, 7) is 3.20. The molecule has 0 unspecified atom stereocenters. The number of aromatic nitrogens is 3. The van der Waals surface area contributed by atoms with Crippen molar-refractivity contribution in [1.82, 2.24) is 20.3 Å². The van der Waals surface area contributed by atoms with E-state index in [0.29, 0.717) is 34.8 Å². The van der Waals surface area contributed by atoms with Crippen LogP contribution in [0.5, 0.6) is 5.75 Å². The fourth-order valence-electron chi connectivity index (χ4n) is 2.86. The van der Waals surface area contributed by atoms with Crippen molar-refractivity contribution in [3.8, 4) is 17.3 Å². The van der Waals surface area contributed by atoms with Crippen LogP contribution >= 0.6 is 11.3 Å². The molecule has 0 radical (unpaired) electrons. The summed E-state index contributed by atoms with van der Waals surface area (Å²) in [7, 11) is 1.87. The third kappa shape index (κ3) is 3.07. The van der Waals surface area contributed by atoms with E-state index in [4.69, 9.17) is 4.74 Å². The number of likely N-dealkylation sites (N-methyl/N-ethyl adjacent to an activating group) is 1. The largest absolute Gasteiger partial charge is 0.492 e. The first kappa shape index (κ1) is 16.7. The van der Waals surface area contributed by atoms with Crippen molar-refractivity contribution in [2.45, 2.75) is 6.92 Å². The minimum atomic E-state index is -0.195. The van der Waals surface area contributed by atoms with Crippen LogP contribution in [0.15, 0.2) is 40.6 Å². The van der Waals surface area contributed by atoms with E-state index in [1.165, 1.54) is 0 Å². The van der Waals surface area contributed by atoms with Gasteiger partial charge in [-0.3, -0.25) is 9.78 Å². The van der Waals surface area contributed by atoms with Gasteiger partial charge in [0.2, 0.25) is 0 Å². The summed E-state index contributed by atoms with van der Waals surface area (Å²) in [5.41, 5.74) is 2.02. The topological polar surface area (TPSA) is 79.9 Å². The molecule has 0 saturated carbocycles. The lowest BCUT2D eigenvalue weighted by Gasteiger charge is -2.10. The van der Waals surface area contributed by atoms with Gasteiger partial charge in [0.05, 0.1) is 15.6 Å². The standard InChI is InChI=1S/C19H18N4O2S/c1-11-7-13(25-5-4-20-2)9-14-17(11)22-18(23-19(14)24)15-8-12-3-6-26-16(12)10-21-15/h3,6-10,20H,4-5H2,1-2H3,(H,22,23,24). The molecule has 4 aromatic rings. The molecular formula is C19H18N4O2S. The van der Waals surface area contributed by atoms with Gasteiger partial charge in [0.15, 0.2) is 5.82 Å². The molecule has 7 heteroatoms. The number of nitrogens with zero attached hydrogens (tertiary/aromatic N) is 2. The molecule has 0 fully saturated rings. The molecule has 0 amide bonds. The Morgan fingerprint density at radius 2 is 2.19 bits per heavy atom. The number of benzene rings is 1. The summed E-state index contributed by atoms with van der Waals surface area (Å²) >= 11 is 1.64. The van der Waals surface area contributed by atoms with Crippen molar-refractivity contribution in [3.05, 3.63) is 51.8 Å². The van der Waals surface area contributed by atoms with Crippen molar-refractivity contribution < 1.29 is 4.74 Å². The van der Waals surface area contributed by atoms with Crippen LogP contribution in [0, 0.1) is 6.92 Å². The molecule has 132 valence electrons. The van der Waals surface area contributed by atoms with E-state index in [1.54, 1.807) is 17.4 Å². The zero-order valence-electron chi connectivity index (χ0n) is 14.5. The molecule has 26 heavy (non-hydrogen) atoms. The number of fused-ring (bicyclic) bond motifs is 2. The van der Waals surface area contributed by atoms with E-state index >= 15 is 0 Å². The third-order valence-electron chi connectivity index (χ3n) is 4.18. The van der Waals surface area contributed by atoms with Crippen molar-refractivity contribution in [2.24, 2.45) is 0 Å². The summed E-state index contributed by atoms with van der Waals surface area (Å²) in [6, 6.07) is 7.62. The monoisotopic (exact) mass is 366 g/mol. The molecule has 3 aromatic heterocycles. The molecule has 3 heterocycles. The van der Waals surface area contributed by atoms with Gasteiger partial charge in [-0.1, -0.05) is 0 Å². The van der Waals surface area contributed by atoms with Gasteiger partial charge in [-0.2, -0.15) is 0 Å². The molecule has 0 atom stereocenters. The molecule has 0 spiro atoms. The van der Waals surface area contributed by atoms with Crippen LogP contribution in [0.4, 0.5) is 0 Å². The number of pyridine rings is 1. The normalized spacial score (nSPS) is 11.3. The van der Waals surface area contributed by atoms with Crippen molar-refractivity contribution in [1.29, 1.82) is 0 Å². The summed E-state index contributed by atoms with van der Waals surface area (Å²) < 4.78 is 6.80. The number of H-pyrrole nitrogens is 1.